The molecule has 0 amide bonds. The number of hydrogen-bond donors (Lipinski definition) is 1. The number of rotatable bonds is 2. The minimum atomic E-state index is -0.561. The average Bonchev–Trinajstić information content (AvgIpc) is 2.27. The molecule has 0 radical (unpaired) electrons. The zero-order chi connectivity index (χ0) is 10.8. The minimum absolute atomic E-state index is 0.561. The molecule has 0 aliphatic rings. The van der Waals surface area contributed by atoms with Gasteiger partial charge in [-0.15, -0.1) is 0 Å². The van der Waals surface area contributed by atoms with E-state index in [-0.39, 0.29) is 0 Å². The lowest BCUT2D eigenvalue weighted by atomic mass is 10.0. The topological polar surface area (TPSA) is 20.2 Å². The maximum absolute atomic E-state index is 9.86. The van der Waals surface area contributed by atoms with Gasteiger partial charge in [0.25, 0.3) is 0 Å². The van der Waals surface area contributed by atoms with E-state index in [9.17, 15) is 5.11 Å². The fourth-order valence-corrected chi connectivity index (χ4v) is 1.66. The molecule has 1 atom stereocenters. The van der Waals surface area contributed by atoms with Crippen molar-refractivity contribution in [2.75, 3.05) is 0 Å². The van der Waals surface area contributed by atoms with E-state index in [1.807, 2.05) is 43.3 Å². The Kier molecular flexibility index (Phi) is 2.57. The molecule has 1 nitrogen and oxygen atoms in total. The molecule has 2 rings (SSSR count). The van der Waals surface area contributed by atoms with E-state index in [2.05, 4.69) is 12.6 Å². The minimum Gasteiger partial charge on any atom is -0.384 e. The van der Waals surface area contributed by atoms with Gasteiger partial charge in [-0.25, -0.2) is 0 Å². The number of fused-ring (bicyclic) bond motifs is 1. The van der Waals surface area contributed by atoms with Gasteiger partial charge in [-0.05, 0) is 34.9 Å². The second-order valence-corrected chi connectivity index (χ2v) is 3.86. The monoisotopic (exact) mass is 198 g/mol. The molecule has 0 aliphatic carbocycles. The van der Waals surface area contributed by atoms with Crippen molar-refractivity contribution in [1.82, 2.24) is 0 Å². The zero-order valence-corrected chi connectivity index (χ0v) is 8.77. The van der Waals surface area contributed by atoms with Crippen LogP contribution in [0.1, 0.15) is 18.6 Å². The summed E-state index contributed by atoms with van der Waals surface area (Å²) in [7, 11) is 0. The molecule has 0 fully saturated rings. The van der Waals surface area contributed by atoms with Gasteiger partial charge < -0.3 is 5.11 Å². The fraction of sp³-hybridized carbons (Fsp3) is 0.143. The van der Waals surface area contributed by atoms with E-state index in [0.717, 1.165) is 16.5 Å². The van der Waals surface area contributed by atoms with Crippen LogP contribution in [0.5, 0.6) is 0 Å². The first-order chi connectivity index (χ1) is 7.18. The van der Waals surface area contributed by atoms with Crippen molar-refractivity contribution < 1.29 is 5.11 Å². The molecule has 2 aromatic carbocycles. The van der Waals surface area contributed by atoms with E-state index in [1.54, 1.807) is 0 Å². The van der Waals surface area contributed by atoms with Gasteiger partial charge in [0.15, 0.2) is 0 Å². The Morgan fingerprint density at radius 3 is 2.47 bits per heavy atom. The van der Waals surface area contributed by atoms with Crippen molar-refractivity contribution in [2.45, 2.75) is 13.0 Å². The van der Waals surface area contributed by atoms with Crippen LogP contribution < -0.4 is 0 Å². The van der Waals surface area contributed by atoms with E-state index >= 15 is 0 Å². The maximum Gasteiger partial charge on any atom is 0.0995 e. The van der Waals surface area contributed by atoms with Crippen LogP contribution >= 0.6 is 0 Å². The molecule has 15 heavy (non-hydrogen) atoms. The Morgan fingerprint density at radius 1 is 1.13 bits per heavy atom. The summed E-state index contributed by atoms with van der Waals surface area (Å²) in [6.45, 7) is 5.59. The lowest BCUT2D eigenvalue weighted by molar-refractivity contribution is 0.216. The molecule has 1 N–H and O–H groups in total. The van der Waals surface area contributed by atoms with Crippen LogP contribution in [0.15, 0.2) is 54.6 Å². The van der Waals surface area contributed by atoms with Gasteiger partial charge in [-0.1, -0.05) is 43.0 Å². The SMILES string of the molecule is C=C(C)C(O)c1ccc2ccccc2c1. The first-order valence-corrected chi connectivity index (χ1v) is 5.00. The third kappa shape index (κ3) is 1.92. The molecule has 0 saturated carbocycles. The molecule has 0 saturated heterocycles. The van der Waals surface area contributed by atoms with E-state index in [4.69, 9.17) is 0 Å². The summed E-state index contributed by atoms with van der Waals surface area (Å²) >= 11 is 0. The van der Waals surface area contributed by atoms with E-state index in [1.165, 1.54) is 5.39 Å². The third-order valence-corrected chi connectivity index (χ3v) is 2.56. The smallest absolute Gasteiger partial charge is 0.0995 e. The normalized spacial score (nSPS) is 12.7. The van der Waals surface area contributed by atoms with Crippen LogP contribution in [0.2, 0.25) is 0 Å². The quantitative estimate of drug-likeness (QED) is 0.733. The second kappa shape index (κ2) is 3.87. The van der Waals surface area contributed by atoms with Crippen LogP contribution in [0.25, 0.3) is 10.8 Å². The number of aliphatic hydroxyl groups excluding tert-OH is 1. The summed E-state index contributed by atoms with van der Waals surface area (Å²) in [4.78, 5) is 0. The van der Waals surface area contributed by atoms with E-state index < -0.39 is 6.10 Å². The van der Waals surface area contributed by atoms with E-state index in [0.29, 0.717) is 0 Å². The standard InChI is InChI=1S/C14H14O/c1-10(2)14(15)13-8-7-11-5-3-4-6-12(11)9-13/h3-9,14-15H,1H2,2H3. The Hall–Kier alpha value is -1.60. The van der Waals surface area contributed by atoms with Crippen LogP contribution in [0, 0.1) is 0 Å². The first kappa shape index (κ1) is 9.94. The molecule has 1 unspecified atom stereocenters. The molecule has 0 bridgehead atoms. The lowest BCUT2D eigenvalue weighted by Crippen LogP contribution is -1.97. The van der Waals surface area contributed by atoms with Crippen molar-refractivity contribution in [3.63, 3.8) is 0 Å². The fourth-order valence-electron chi connectivity index (χ4n) is 1.66. The van der Waals surface area contributed by atoms with Crippen molar-refractivity contribution in [3.8, 4) is 0 Å². The van der Waals surface area contributed by atoms with Gasteiger partial charge in [0, 0.05) is 0 Å². The van der Waals surface area contributed by atoms with Gasteiger partial charge in [0.05, 0.1) is 6.10 Å². The second-order valence-electron chi connectivity index (χ2n) is 3.86. The van der Waals surface area contributed by atoms with Crippen LogP contribution in [-0.4, -0.2) is 5.11 Å². The van der Waals surface area contributed by atoms with Crippen molar-refractivity contribution in [3.05, 3.63) is 60.2 Å². The van der Waals surface area contributed by atoms with Crippen molar-refractivity contribution in [2.24, 2.45) is 0 Å². The largest absolute Gasteiger partial charge is 0.384 e. The Labute approximate surface area is 89.7 Å². The van der Waals surface area contributed by atoms with Crippen LogP contribution in [0.4, 0.5) is 0 Å². The molecule has 0 heterocycles. The van der Waals surface area contributed by atoms with Gasteiger partial charge in [0.2, 0.25) is 0 Å². The van der Waals surface area contributed by atoms with Gasteiger partial charge in [0.1, 0.15) is 0 Å². The third-order valence-electron chi connectivity index (χ3n) is 2.56. The summed E-state index contributed by atoms with van der Waals surface area (Å²) in [6.07, 6.45) is -0.561. The Bertz CT molecular complexity index is 499. The number of aliphatic hydroxyl groups is 1. The predicted octanol–water partition coefficient (Wildman–Crippen LogP) is 3.45. The van der Waals surface area contributed by atoms with Crippen molar-refractivity contribution in [1.29, 1.82) is 0 Å². The summed E-state index contributed by atoms with van der Waals surface area (Å²) < 4.78 is 0. The van der Waals surface area contributed by atoms with Gasteiger partial charge in [-0.3, -0.25) is 0 Å². The highest BCUT2D eigenvalue weighted by Gasteiger charge is 2.07. The molecule has 0 spiro atoms. The maximum atomic E-state index is 9.86. The highest BCUT2D eigenvalue weighted by atomic mass is 16.3. The number of hydrogen-bond acceptors (Lipinski definition) is 1. The summed E-state index contributed by atoms with van der Waals surface area (Å²) in [5.41, 5.74) is 1.67. The molecular formula is C14H14O. The molecule has 76 valence electrons. The average molecular weight is 198 g/mol. The summed E-state index contributed by atoms with van der Waals surface area (Å²) in [6, 6.07) is 14.1. The Morgan fingerprint density at radius 2 is 1.80 bits per heavy atom. The number of benzene rings is 2. The highest BCUT2D eigenvalue weighted by Crippen LogP contribution is 2.23. The van der Waals surface area contributed by atoms with Crippen LogP contribution in [-0.2, 0) is 0 Å². The van der Waals surface area contributed by atoms with Crippen molar-refractivity contribution >= 4 is 10.8 Å². The zero-order valence-electron chi connectivity index (χ0n) is 8.77. The lowest BCUT2D eigenvalue weighted by Gasteiger charge is -2.11. The van der Waals surface area contributed by atoms with Gasteiger partial charge in [-0.2, -0.15) is 0 Å². The highest BCUT2D eigenvalue weighted by molar-refractivity contribution is 5.83. The summed E-state index contributed by atoms with van der Waals surface area (Å²) in [5, 5.41) is 12.2. The molecule has 2 aromatic rings. The molecule has 0 aromatic heterocycles. The summed E-state index contributed by atoms with van der Waals surface area (Å²) in [5.74, 6) is 0. The molecule has 1 heteroatoms. The predicted molar refractivity (Wildman–Crippen MR) is 63.7 cm³/mol. The van der Waals surface area contributed by atoms with Gasteiger partial charge >= 0.3 is 0 Å². The van der Waals surface area contributed by atoms with Crippen LogP contribution in [0.3, 0.4) is 0 Å². The molecule has 0 aliphatic heterocycles. The first-order valence-electron chi connectivity index (χ1n) is 5.00. The molecular weight excluding hydrogens is 184 g/mol. The Balaban J connectivity index is 2.51.